The lowest BCUT2D eigenvalue weighted by atomic mass is 10.1. The van der Waals surface area contributed by atoms with Crippen LogP contribution in [0.3, 0.4) is 0 Å². The summed E-state index contributed by atoms with van der Waals surface area (Å²) < 4.78 is 15.3. The number of aromatic nitrogens is 6. The number of aromatic amines is 1. The van der Waals surface area contributed by atoms with E-state index in [-0.39, 0.29) is 5.54 Å². The van der Waals surface area contributed by atoms with Crippen LogP contribution in [0.25, 0.3) is 44.6 Å². The second kappa shape index (κ2) is 6.20. The number of benzene rings is 1. The molecule has 0 spiro atoms. The molecular formula is C22H19FN6. The Morgan fingerprint density at radius 1 is 0.966 bits per heavy atom. The first-order valence-electron chi connectivity index (χ1n) is 9.34. The molecular weight excluding hydrogens is 367 g/mol. The van der Waals surface area contributed by atoms with Crippen LogP contribution in [0, 0.1) is 5.95 Å². The third-order valence-electron chi connectivity index (χ3n) is 4.98. The second-order valence-corrected chi connectivity index (χ2v) is 8.01. The van der Waals surface area contributed by atoms with Crippen LogP contribution < -0.4 is 0 Å². The number of H-pyrrole nitrogens is 1. The minimum Gasteiger partial charge on any atom is -0.344 e. The van der Waals surface area contributed by atoms with Crippen molar-refractivity contribution in [2.75, 3.05) is 0 Å². The molecule has 0 saturated heterocycles. The first-order chi connectivity index (χ1) is 13.9. The largest absolute Gasteiger partial charge is 0.344 e. The molecule has 0 fully saturated rings. The van der Waals surface area contributed by atoms with Crippen molar-refractivity contribution < 1.29 is 4.39 Å². The van der Waals surface area contributed by atoms with E-state index in [1.807, 2.05) is 24.7 Å². The molecule has 5 aromatic rings. The number of nitrogens with one attached hydrogen (secondary N) is 1. The molecule has 0 atom stereocenters. The van der Waals surface area contributed by atoms with Gasteiger partial charge in [-0.1, -0.05) is 6.07 Å². The van der Waals surface area contributed by atoms with Gasteiger partial charge in [-0.3, -0.25) is 0 Å². The number of hydrogen-bond donors (Lipinski definition) is 1. The van der Waals surface area contributed by atoms with Gasteiger partial charge in [0.05, 0.1) is 29.3 Å². The van der Waals surface area contributed by atoms with Gasteiger partial charge in [0.25, 0.3) is 0 Å². The van der Waals surface area contributed by atoms with Crippen molar-refractivity contribution in [3.05, 3.63) is 61.2 Å². The van der Waals surface area contributed by atoms with Crippen LogP contribution in [0.15, 0.2) is 55.2 Å². The third kappa shape index (κ3) is 2.95. The zero-order valence-corrected chi connectivity index (χ0v) is 16.3. The van der Waals surface area contributed by atoms with Crippen molar-refractivity contribution in [3.8, 4) is 22.4 Å². The summed E-state index contributed by atoms with van der Waals surface area (Å²) in [5.74, 6) is -0.520. The zero-order valence-electron chi connectivity index (χ0n) is 16.3. The fourth-order valence-electron chi connectivity index (χ4n) is 3.49. The van der Waals surface area contributed by atoms with Gasteiger partial charge in [0.2, 0.25) is 5.95 Å². The van der Waals surface area contributed by atoms with Crippen molar-refractivity contribution in [3.63, 3.8) is 0 Å². The molecule has 1 aromatic carbocycles. The van der Waals surface area contributed by atoms with Gasteiger partial charge in [0.15, 0.2) is 5.65 Å². The van der Waals surface area contributed by atoms with E-state index in [0.717, 1.165) is 27.7 Å². The summed E-state index contributed by atoms with van der Waals surface area (Å²) in [6.45, 7) is 6.46. The average Bonchev–Trinajstić information content (AvgIpc) is 3.31. The van der Waals surface area contributed by atoms with Crippen molar-refractivity contribution in [1.29, 1.82) is 0 Å². The summed E-state index contributed by atoms with van der Waals surface area (Å²) in [5.41, 5.74) is 6.74. The number of nitrogens with zero attached hydrogens (tertiary/aromatic N) is 5. The molecule has 7 heteroatoms. The summed E-state index contributed by atoms with van der Waals surface area (Å²) in [4.78, 5) is 20.7. The highest BCUT2D eigenvalue weighted by molar-refractivity contribution is 5.94. The number of hydrogen-bond acceptors (Lipinski definition) is 4. The molecule has 4 heterocycles. The van der Waals surface area contributed by atoms with Crippen molar-refractivity contribution in [2.24, 2.45) is 0 Å². The molecule has 0 amide bonds. The van der Waals surface area contributed by atoms with E-state index in [0.29, 0.717) is 16.9 Å². The van der Waals surface area contributed by atoms with Gasteiger partial charge in [-0.25, -0.2) is 19.9 Å². The van der Waals surface area contributed by atoms with Crippen LogP contribution in [0.2, 0.25) is 0 Å². The number of pyridine rings is 1. The van der Waals surface area contributed by atoms with E-state index in [4.69, 9.17) is 4.98 Å². The maximum absolute atomic E-state index is 13.1. The lowest BCUT2D eigenvalue weighted by Crippen LogP contribution is -2.20. The van der Waals surface area contributed by atoms with Crippen LogP contribution in [-0.2, 0) is 5.54 Å². The standard InChI is InChI=1S/C22H19FN6/c1-22(2,3)29-12-27-16-6-4-13(8-18(16)29)15-10-25-21-20(15)28-17(11-26-21)14-5-7-19(23)24-9-14/h4-12H,1-3H3,(H,25,26). The number of halogens is 1. The Bertz CT molecular complexity index is 1340. The fourth-order valence-corrected chi connectivity index (χ4v) is 3.49. The summed E-state index contributed by atoms with van der Waals surface area (Å²) in [5, 5.41) is 0. The quantitative estimate of drug-likeness (QED) is 0.437. The molecule has 0 unspecified atom stereocenters. The van der Waals surface area contributed by atoms with Gasteiger partial charge >= 0.3 is 0 Å². The van der Waals surface area contributed by atoms with Crippen molar-refractivity contribution in [1.82, 2.24) is 29.5 Å². The lowest BCUT2D eigenvalue weighted by Gasteiger charge is -2.21. The highest BCUT2D eigenvalue weighted by atomic mass is 19.1. The Morgan fingerprint density at radius 2 is 1.79 bits per heavy atom. The molecule has 5 rings (SSSR count). The van der Waals surface area contributed by atoms with Crippen LogP contribution >= 0.6 is 0 Å². The molecule has 29 heavy (non-hydrogen) atoms. The first kappa shape index (κ1) is 17.5. The summed E-state index contributed by atoms with van der Waals surface area (Å²) in [6, 6.07) is 9.16. The number of rotatable bonds is 2. The number of fused-ring (bicyclic) bond motifs is 2. The Kier molecular flexibility index (Phi) is 3.74. The minimum atomic E-state index is -0.520. The molecule has 0 aliphatic carbocycles. The van der Waals surface area contributed by atoms with Gasteiger partial charge in [-0.05, 0) is 50.6 Å². The zero-order chi connectivity index (χ0) is 20.2. The molecule has 4 aromatic heterocycles. The summed E-state index contributed by atoms with van der Waals surface area (Å²) >= 11 is 0. The smallest absolute Gasteiger partial charge is 0.212 e. The lowest BCUT2D eigenvalue weighted by molar-refractivity contribution is 0.408. The van der Waals surface area contributed by atoms with Gasteiger partial charge in [-0.15, -0.1) is 0 Å². The monoisotopic (exact) mass is 386 g/mol. The topological polar surface area (TPSA) is 72.3 Å². The molecule has 6 nitrogen and oxygen atoms in total. The SMILES string of the molecule is CC(C)(C)n1cnc2ccc(-c3c[nH]c4ncc(-c5ccc(F)nc5)nc34)cc21. The maximum atomic E-state index is 13.1. The van der Waals surface area contributed by atoms with E-state index in [9.17, 15) is 4.39 Å². The molecule has 0 radical (unpaired) electrons. The van der Waals surface area contributed by atoms with Gasteiger partial charge in [-0.2, -0.15) is 4.39 Å². The van der Waals surface area contributed by atoms with E-state index < -0.39 is 5.95 Å². The predicted molar refractivity (Wildman–Crippen MR) is 111 cm³/mol. The van der Waals surface area contributed by atoms with Crippen LogP contribution in [0.5, 0.6) is 0 Å². The molecule has 144 valence electrons. The van der Waals surface area contributed by atoms with Crippen LogP contribution in [0.4, 0.5) is 4.39 Å². The van der Waals surface area contributed by atoms with E-state index >= 15 is 0 Å². The van der Waals surface area contributed by atoms with E-state index in [1.165, 1.54) is 12.3 Å². The second-order valence-electron chi connectivity index (χ2n) is 8.01. The number of imidazole rings is 1. The Labute approximate surface area is 166 Å². The van der Waals surface area contributed by atoms with Gasteiger partial charge in [0, 0.05) is 29.1 Å². The Morgan fingerprint density at radius 3 is 2.55 bits per heavy atom. The highest BCUT2D eigenvalue weighted by Crippen LogP contribution is 2.31. The summed E-state index contributed by atoms with van der Waals surface area (Å²) in [6.07, 6.45) is 6.92. The fraction of sp³-hybridized carbons (Fsp3) is 0.182. The van der Waals surface area contributed by atoms with Gasteiger partial charge < -0.3 is 9.55 Å². The van der Waals surface area contributed by atoms with Gasteiger partial charge in [0.1, 0.15) is 5.52 Å². The minimum absolute atomic E-state index is 0.0733. The first-order valence-corrected chi connectivity index (χ1v) is 9.34. The highest BCUT2D eigenvalue weighted by Gasteiger charge is 2.17. The maximum Gasteiger partial charge on any atom is 0.212 e. The predicted octanol–water partition coefficient (Wildman–Crippen LogP) is 4.93. The van der Waals surface area contributed by atoms with Crippen LogP contribution in [-0.4, -0.2) is 29.5 Å². The normalized spacial score (nSPS) is 12.1. The molecule has 0 aliphatic rings. The molecule has 1 N–H and O–H groups in total. The van der Waals surface area contributed by atoms with Crippen molar-refractivity contribution in [2.45, 2.75) is 26.3 Å². The van der Waals surface area contributed by atoms with E-state index in [2.05, 4.69) is 51.3 Å². The Hall–Kier alpha value is -3.61. The van der Waals surface area contributed by atoms with E-state index in [1.54, 1.807) is 12.3 Å². The molecule has 0 aliphatic heterocycles. The third-order valence-corrected chi connectivity index (χ3v) is 4.98. The van der Waals surface area contributed by atoms with Crippen LogP contribution in [0.1, 0.15) is 20.8 Å². The molecule has 0 bridgehead atoms. The summed E-state index contributed by atoms with van der Waals surface area (Å²) in [7, 11) is 0. The van der Waals surface area contributed by atoms with Crippen molar-refractivity contribution >= 4 is 22.2 Å². The Balaban J connectivity index is 1.67. The average molecular weight is 386 g/mol. The molecule has 0 saturated carbocycles.